The van der Waals surface area contributed by atoms with E-state index < -0.39 is 12.1 Å². The fourth-order valence-electron chi connectivity index (χ4n) is 2.70. The van der Waals surface area contributed by atoms with Gasteiger partial charge in [0.2, 0.25) is 5.91 Å². The van der Waals surface area contributed by atoms with E-state index in [0.29, 0.717) is 30.2 Å². The summed E-state index contributed by atoms with van der Waals surface area (Å²) in [6.45, 7) is 0.804. The van der Waals surface area contributed by atoms with E-state index in [9.17, 15) is 9.59 Å². The summed E-state index contributed by atoms with van der Waals surface area (Å²) in [5, 5.41) is 5.37. The highest BCUT2D eigenvalue weighted by Gasteiger charge is 2.34. The SMILES string of the molecule is COc1ccccc1N1CC[C@H](NC(=O)NCc2ccco2)C1=O. The summed E-state index contributed by atoms with van der Waals surface area (Å²) in [6.07, 6.45) is 2.09. The molecular formula is C17H19N3O4. The lowest BCUT2D eigenvalue weighted by Gasteiger charge is -2.19. The van der Waals surface area contributed by atoms with E-state index in [1.165, 1.54) is 0 Å². The number of methoxy groups -OCH3 is 1. The third kappa shape index (κ3) is 3.34. The third-order valence-corrected chi connectivity index (χ3v) is 3.89. The van der Waals surface area contributed by atoms with Crippen LogP contribution in [0.15, 0.2) is 47.1 Å². The first-order chi connectivity index (χ1) is 11.7. The van der Waals surface area contributed by atoms with Gasteiger partial charge in [-0.3, -0.25) is 4.79 Å². The van der Waals surface area contributed by atoms with Gasteiger partial charge in [-0.05, 0) is 30.7 Å². The van der Waals surface area contributed by atoms with Crippen LogP contribution in [0.1, 0.15) is 12.2 Å². The number of rotatable bonds is 5. The van der Waals surface area contributed by atoms with Crippen molar-refractivity contribution < 1.29 is 18.7 Å². The highest BCUT2D eigenvalue weighted by molar-refractivity contribution is 6.02. The minimum atomic E-state index is -0.550. The number of para-hydroxylation sites is 2. The van der Waals surface area contributed by atoms with Crippen LogP contribution >= 0.6 is 0 Å². The van der Waals surface area contributed by atoms with Crippen LogP contribution in [0.4, 0.5) is 10.5 Å². The van der Waals surface area contributed by atoms with Crippen LogP contribution in [0.3, 0.4) is 0 Å². The fraction of sp³-hybridized carbons (Fsp3) is 0.294. The summed E-state index contributed by atoms with van der Waals surface area (Å²) < 4.78 is 10.4. The maximum Gasteiger partial charge on any atom is 0.315 e. The molecule has 1 atom stereocenters. The molecule has 0 bridgehead atoms. The van der Waals surface area contributed by atoms with Crippen LogP contribution < -0.4 is 20.3 Å². The van der Waals surface area contributed by atoms with E-state index in [4.69, 9.17) is 9.15 Å². The molecule has 126 valence electrons. The number of furan rings is 1. The van der Waals surface area contributed by atoms with Gasteiger partial charge in [0.15, 0.2) is 0 Å². The first-order valence-electron chi connectivity index (χ1n) is 7.70. The molecule has 0 spiro atoms. The number of hydrogen-bond donors (Lipinski definition) is 2. The molecule has 1 fully saturated rings. The van der Waals surface area contributed by atoms with Crippen molar-refractivity contribution in [3.8, 4) is 5.75 Å². The first kappa shape index (κ1) is 15.9. The fourth-order valence-corrected chi connectivity index (χ4v) is 2.70. The first-order valence-corrected chi connectivity index (χ1v) is 7.70. The van der Waals surface area contributed by atoms with Crippen molar-refractivity contribution in [2.24, 2.45) is 0 Å². The number of amides is 3. The van der Waals surface area contributed by atoms with E-state index in [0.717, 1.165) is 0 Å². The topological polar surface area (TPSA) is 83.8 Å². The molecule has 0 radical (unpaired) electrons. The van der Waals surface area contributed by atoms with Crippen LogP contribution in [-0.4, -0.2) is 31.6 Å². The van der Waals surface area contributed by atoms with Gasteiger partial charge in [0.25, 0.3) is 0 Å². The molecular weight excluding hydrogens is 310 g/mol. The molecule has 3 amide bonds. The zero-order valence-corrected chi connectivity index (χ0v) is 13.3. The summed E-state index contributed by atoms with van der Waals surface area (Å²) in [5.74, 6) is 1.14. The lowest BCUT2D eigenvalue weighted by atomic mass is 10.2. The summed E-state index contributed by atoms with van der Waals surface area (Å²) in [4.78, 5) is 26.1. The van der Waals surface area contributed by atoms with Crippen molar-refractivity contribution in [1.29, 1.82) is 0 Å². The maximum absolute atomic E-state index is 12.6. The Morgan fingerprint density at radius 2 is 2.17 bits per heavy atom. The number of carbonyl (C=O) groups is 2. The van der Waals surface area contributed by atoms with Crippen molar-refractivity contribution in [2.75, 3.05) is 18.6 Å². The minimum Gasteiger partial charge on any atom is -0.495 e. The summed E-state index contributed by atoms with van der Waals surface area (Å²) >= 11 is 0. The van der Waals surface area contributed by atoms with Crippen molar-refractivity contribution in [2.45, 2.75) is 19.0 Å². The van der Waals surface area contributed by atoms with E-state index >= 15 is 0 Å². The number of benzene rings is 1. The van der Waals surface area contributed by atoms with Crippen molar-refractivity contribution in [3.05, 3.63) is 48.4 Å². The van der Waals surface area contributed by atoms with E-state index in [2.05, 4.69) is 10.6 Å². The lowest BCUT2D eigenvalue weighted by Crippen LogP contribution is -2.45. The summed E-state index contributed by atoms with van der Waals surface area (Å²) in [7, 11) is 1.57. The average molecular weight is 329 g/mol. The van der Waals surface area contributed by atoms with E-state index in [1.54, 1.807) is 36.5 Å². The van der Waals surface area contributed by atoms with Crippen LogP contribution in [0.2, 0.25) is 0 Å². The Morgan fingerprint density at radius 1 is 1.33 bits per heavy atom. The van der Waals surface area contributed by atoms with Gasteiger partial charge in [-0.2, -0.15) is 0 Å². The summed E-state index contributed by atoms with van der Waals surface area (Å²) in [5.41, 5.74) is 0.713. The molecule has 1 aromatic carbocycles. The third-order valence-electron chi connectivity index (χ3n) is 3.89. The van der Waals surface area contributed by atoms with Gasteiger partial charge < -0.3 is 24.7 Å². The van der Waals surface area contributed by atoms with Gasteiger partial charge in [0, 0.05) is 6.54 Å². The molecule has 2 N–H and O–H groups in total. The smallest absolute Gasteiger partial charge is 0.315 e. The Kier molecular flexibility index (Phi) is 4.69. The Labute approximate surface area is 139 Å². The molecule has 2 heterocycles. The molecule has 1 saturated heterocycles. The monoisotopic (exact) mass is 329 g/mol. The molecule has 7 heteroatoms. The molecule has 0 unspecified atom stereocenters. The molecule has 1 aromatic heterocycles. The Balaban J connectivity index is 1.58. The predicted molar refractivity (Wildman–Crippen MR) is 87.8 cm³/mol. The van der Waals surface area contributed by atoms with Gasteiger partial charge in [0.1, 0.15) is 17.6 Å². The summed E-state index contributed by atoms with van der Waals surface area (Å²) in [6, 6.07) is 9.90. The number of ether oxygens (including phenoxy) is 1. The van der Waals surface area contributed by atoms with Crippen LogP contribution in [0.25, 0.3) is 0 Å². The average Bonchev–Trinajstić information content (AvgIpc) is 3.24. The van der Waals surface area contributed by atoms with Gasteiger partial charge >= 0.3 is 6.03 Å². The van der Waals surface area contributed by atoms with Crippen LogP contribution in [0.5, 0.6) is 5.75 Å². The normalized spacial score (nSPS) is 17.0. The number of carbonyl (C=O) groups excluding carboxylic acids is 2. The van der Waals surface area contributed by atoms with E-state index in [1.807, 2.05) is 18.2 Å². The minimum absolute atomic E-state index is 0.146. The highest BCUT2D eigenvalue weighted by atomic mass is 16.5. The second kappa shape index (κ2) is 7.08. The van der Waals surface area contributed by atoms with Crippen molar-refractivity contribution >= 4 is 17.6 Å². The number of nitrogens with one attached hydrogen (secondary N) is 2. The number of hydrogen-bond acceptors (Lipinski definition) is 4. The van der Waals surface area contributed by atoms with Gasteiger partial charge in [0.05, 0.1) is 25.6 Å². The van der Waals surface area contributed by atoms with Crippen LogP contribution in [0, 0.1) is 0 Å². The second-order valence-electron chi connectivity index (χ2n) is 5.41. The molecule has 3 rings (SSSR count). The highest BCUT2D eigenvalue weighted by Crippen LogP contribution is 2.30. The lowest BCUT2D eigenvalue weighted by molar-refractivity contribution is -0.118. The van der Waals surface area contributed by atoms with Crippen molar-refractivity contribution in [3.63, 3.8) is 0 Å². The van der Waals surface area contributed by atoms with Gasteiger partial charge in [-0.15, -0.1) is 0 Å². The largest absolute Gasteiger partial charge is 0.495 e. The van der Waals surface area contributed by atoms with Crippen LogP contribution in [-0.2, 0) is 11.3 Å². The Morgan fingerprint density at radius 3 is 2.92 bits per heavy atom. The van der Waals surface area contributed by atoms with Gasteiger partial charge in [-0.25, -0.2) is 4.79 Å². The maximum atomic E-state index is 12.6. The zero-order chi connectivity index (χ0) is 16.9. The standard InChI is InChI=1S/C17H19N3O4/c1-23-15-7-3-2-6-14(15)20-9-8-13(16(20)21)19-17(22)18-11-12-5-4-10-24-12/h2-7,10,13H,8-9,11H2,1H3,(H2,18,19,22)/t13-/m0/s1. The molecule has 1 aliphatic heterocycles. The Bertz CT molecular complexity index is 714. The van der Waals surface area contributed by atoms with E-state index in [-0.39, 0.29) is 12.5 Å². The number of urea groups is 1. The van der Waals surface area contributed by atoms with Crippen molar-refractivity contribution in [1.82, 2.24) is 10.6 Å². The predicted octanol–water partition coefficient (Wildman–Crippen LogP) is 1.89. The zero-order valence-electron chi connectivity index (χ0n) is 13.3. The molecule has 0 saturated carbocycles. The quantitative estimate of drug-likeness (QED) is 0.877. The molecule has 1 aliphatic rings. The second-order valence-corrected chi connectivity index (χ2v) is 5.41. The molecule has 24 heavy (non-hydrogen) atoms. The number of nitrogens with zero attached hydrogens (tertiary/aromatic N) is 1. The van der Waals surface area contributed by atoms with Gasteiger partial charge in [-0.1, -0.05) is 12.1 Å². The molecule has 0 aliphatic carbocycles. The molecule has 7 nitrogen and oxygen atoms in total. The molecule has 2 aromatic rings. The Hall–Kier alpha value is -2.96. The number of anilines is 1.